The van der Waals surface area contributed by atoms with Crippen molar-refractivity contribution >= 4 is 17.1 Å². The molecule has 0 aliphatic heterocycles. The third kappa shape index (κ3) is 2.14. The molecule has 0 unspecified atom stereocenters. The molecule has 0 atom stereocenters. The average Bonchev–Trinajstić information content (AvgIpc) is 2.40. The zero-order valence-corrected chi connectivity index (χ0v) is 10.4. The maximum atomic E-state index is 9.47. The first kappa shape index (κ1) is 11.3. The molecule has 0 aromatic carbocycles. The highest BCUT2D eigenvalue weighted by atomic mass is 35.5. The lowest BCUT2D eigenvalue weighted by Crippen LogP contribution is -2.11. The highest BCUT2D eigenvalue weighted by molar-refractivity contribution is 6.32. The lowest BCUT2D eigenvalue weighted by Gasteiger charge is -2.16. The van der Waals surface area contributed by atoms with E-state index in [4.69, 9.17) is 11.6 Å². The zero-order chi connectivity index (χ0) is 11.9. The molecular formula is C12H15ClN2O. The van der Waals surface area contributed by atoms with Crippen LogP contribution in [0.25, 0.3) is 5.52 Å². The summed E-state index contributed by atoms with van der Waals surface area (Å²) in [5.74, 6) is 1.10. The van der Waals surface area contributed by atoms with Crippen LogP contribution in [-0.2, 0) is 6.42 Å². The Bertz CT molecular complexity index is 526. The van der Waals surface area contributed by atoms with Crippen LogP contribution in [0.1, 0.15) is 26.6 Å². The molecule has 0 fully saturated rings. The Kier molecular flexibility index (Phi) is 2.58. The van der Waals surface area contributed by atoms with Gasteiger partial charge in [-0.05, 0) is 17.5 Å². The third-order valence-electron chi connectivity index (χ3n) is 2.34. The van der Waals surface area contributed by atoms with Gasteiger partial charge in [0.2, 0.25) is 0 Å². The van der Waals surface area contributed by atoms with Gasteiger partial charge in [0, 0.05) is 6.42 Å². The summed E-state index contributed by atoms with van der Waals surface area (Å²) in [6.45, 7) is 6.43. The molecule has 4 heteroatoms. The summed E-state index contributed by atoms with van der Waals surface area (Å²) in [6.07, 6.45) is 2.46. The highest BCUT2D eigenvalue weighted by Crippen LogP contribution is 2.26. The fourth-order valence-corrected chi connectivity index (χ4v) is 1.95. The van der Waals surface area contributed by atoms with E-state index in [2.05, 4.69) is 25.8 Å². The van der Waals surface area contributed by atoms with Crippen molar-refractivity contribution in [1.82, 2.24) is 9.38 Å². The Labute approximate surface area is 99.7 Å². The van der Waals surface area contributed by atoms with Crippen LogP contribution in [0.2, 0.25) is 5.15 Å². The summed E-state index contributed by atoms with van der Waals surface area (Å²) < 4.78 is 1.85. The number of aromatic nitrogens is 2. The largest absolute Gasteiger partial charge is 0.506 e. The average molecular weight is 239 g/mol. The molecule has 0 amide bonds. The molecule has 0 radical (unpaired) electrons. The van der Waals surface area contributed by atoms with E-state index in [1.54, 1.807) is 18.3 Å². The number of fused-ring (bicyclic) bond motifs is 1. The smallest absolute Gasteiger partial charge is 0.155 e. The monoisotopic (exact) mass is 238 g/mol. The molecule has 0 bridgehead atoms. The summed E-state index contributed by atoms with van der Waals surface area (Å²) in [6, 6.07) is 3.39. The summed E-state index contributed by atoms with van der Waals surface area (Å²) in [5.41, 5.74) is 0.967. The maximum Gasteiger partial charge on any atom is 0.155 e. The molecule has 2 heterocycles. The summed E-state index contributed by atoms with van der Waals surface area (Å²) in [5, 5.41) is 9.96. The molecule has 2 aromatic rings. The molecule has 3 nitrogen and oxygen atoms in total. The van der Waals surface area contributed by atoms with Crippen molar-refractivity contribution in [1.29, 1.82) is 0 Å². The zero-order valence-electron chi connectivity index (χ0n) is 9.66. The van der Waals surface area contributed by atoms with Gasteiger partial charge >= 0.3 is 0 Å². The number of hydrogen-bond acceptors (Lipinski definition) is 2. The predicted octanol–water partition coefficient (Wildman–Crippen LogP) is 3.28. The van der Waals surface area contributed by atoms with Gasteiger partial charge in [0.25, 0.3) is 0 Å². The number of aromatic hydroxyl groups is 1. The maximum absolute atomic E-state index is 9.47. The van der Waals surface area contributed by atoms with Crippen LogP contribution in [0, 0.1) is 5.41 Å². The summed E-state index contributed by atoms with van der Waals surface area (Å²) >= 11 is 6.05. The second-order valence-electron chi connectivity index (χ2n) is 5.20. The van der Waals surface area contributed by atoms with Crippen LogP contribution in [0.3, 0.4) is 0 Å². The van der Waals surface area contributed by atoms with Crippen LogP contribution in [-0.4, -0.2) is 14.5 Å². The van der Waals surface area contributed by atoms with Gasteiger partial charge in [-0.2, -0.15) is 0 Å². The van der Waals surface area contributed by atoms with Crippen molar-refractivity contribution in [3.05, 3.63) is 29.3 Å². The van der Waals surface area contributed by atoms with Crippen molar-refractivity contribution in [2.45, 2.75) is 27.2 Å². The minimum atomic E-state index is 0.135. The lowest BCUT2D eigenvalue weighted by molar-refractivity contribution is 0.399. The van der Waals surface area contributed by atoms with Crippen molar-refractivity contribution in [3.63, 3.8) is 0 Å². The Balaban J connectivity index is 2.57. The minimum Gasteiger partial charge on any atom is -0.506 e. The van der Waals surface area contributed by atoms with Gasteiger partial charge in [-0.1, -0.05) is 32.4 Å². The first-order valence-corrected chi connectivity index (χ1v) is 5.60. The number of rotatable bonds is 1. The molecule has 2 aromatic heterocycles. The van der Waals surface area contributed by atoms with Gasteiger partial charge in [0.15, 0.2) is 5.15 Å². The quantitative estimate of drug-likeness (QED) is 0.828. The van der Waals surface area contributed by atoms with E-state index in [0.29, 0.717) is 5.15 Å². The van der Waals surface area contributed by atoms with Crippen LogP contribution >= 0.6 is 11.6 Å². The molecular weight excluding hydrogens is 224 g/mol. The Morgan fingerprint density at radius 3 is 2.69 bits per heavy atom. The van der Waals surface area contributed by atoms with E-state index >= 15 is 0 Å². The lowest BCUT2D eigenvalue weighted by atomic mass is 9.92. The van der Waals surface area contributed by atoms with Crippen molar-refractivity contribution in [2.75, 3.05) is 0 Å². The van der Waals surface area contributed by atoms with Crippen molar-refractivity contribution < 1.29 is 5.11 Å². The Hall–Kier alpha value is -1.22. The van der Waals surface area contributed by atoms with Gasteiger partial charge in [0.1, 0.15) is 11.6 Å². The molecule has 86 valence electrons. The minimum absolute atomic E-state index is 0.135. The van der Waals surface area contributed by atoms with Gasteiger partial charge in [-0.15, -0.1) is 0 Å². The Morgan fingerprint density at radius 2 is 2.06 bits per heavy atom. The van der Waals surface area contributed by atoms with Gasteiger partial charge in [0.05, 0.1) is 11.7 Å². The van der Waals surface area contributed by atoms with Crippen molar-refractivity contribution in [3.8, 4) is 5.75 Å². The van der Waals surface area contributed by atoms with Crippen molar-refractivity contribution in [2.24, 2.45) is 5.41 Å². The van der Waals surface area contributed by atoms with Crippen LogP contribution in [0.15, 0.2) is 18.3 Å². The van der Waals surface area contributed by atoms with E-state index in [1.165, 1.54) is 0 Å². The molecule has 0 saturated carbocycles. The predicted molar refractivity (Wildman–Crippen MR) is 65.0 cm³/mol. The van der Waals surface area contributed by atoms with E-state index in [1.807, 2.05) is 4.40 Å². The fraction of sp³-hybridized carbons (Fsp3) is 0.417. The van der Waals surface area contributed by atoms with Crippen LogP contribution in [0.5, 0.6) is 5.75 Å². The second-order valence-corrected chi connectivity index (χ2v) is 5.56. The van der Waals surface area contributed by atoms with E-state index < -0.39 is 0 Å². The van der Waals surface area contributed by atoms with Crippen LogP contribution in [0.4, 0.5) is 0 Å². The third-order valence-corrected chi connectivity index (χ3v) is 2.62. The SMILES string of the molecule is CC(C)(C)Cc1nc(Cl)c2ccc(O)cn12. The molecule has 0 spiro atoms. The normalized spacial score (nSPS) is 12.2. The Morgan fingerprint density at radius 1 is 1.38 bits per heavy atom. The first-order chi connectivity index (χ1) is 7.37. The van der Waals surface area contributed by atoms with E-state index in [-0.39, 0.29) is 11.2 Å². The summed E-state index contributed by atoms with van der Waals surface area (Å²) in [7, 11) is 0. The van der Waals surface area contributed by atoms with Gasteiger partial charge in [-0.25, -0.2) is 4.98 Å². The second kappa shape index (κ2) is 3.67. The summed E-state index contributed by atoms with van der Waals surface area (Å²) in [4.78, 5) is 4.33. The number of pyridine rings is 1. The molecule has 1 N–H and O–H groups in total. The first-order valence-electron chi connectivity index (χ1n) is 5.22. The number of hydrogen-bond donors (Lipinski definition) is 1. The fourth-order valence-electron chi connectivity index (χ4n) is 1.69. The van der Waals surface area contributed by atoms with Gasteiger partial charge in [-0.3, -0.25) is 4.40 Å². The molecule has 16 heavy (non-hydrogen) atoms. The van der Waals surface area contributed by atoms with E-state index in [0.717, 1.165) is 17.8 Å². The molecule has 2 rings (SSSR count). The van der Waals surface area contributed by atoms with Crippen LogP contribution < -0.4 is 0 Å². The number of nitrogens with zero attached hydrogens (tertiary/aromatic N) is 2. The molecule has 0 saturated heterocycles. The molecule has 0 aliphatic carbocycles. The standard InChI is InChI=1S/C12H15ClN2O/c1-12(2,3)6-10-14-11(13)9-5-4-8(16)7-15(9)10/h4-5,7,16H,6H2,1-3H3. The molecule has 0 aliphatic rings. The van der Waals surface area contributed by atoms with Gasteiger partial charge < -0.3 is 5.11 Å². The topological polar surface area (TPSA) is 37.5 Å². The highest BCUT2D eigenvalue weighted by Gasteiger charge is 2.17. The number of imidazole rings is 1. The number of halogens is 1. The van der Waals surface area contributed by atoms with E-state index in [9.17, 15) is 5.11 Å².